The van der Waals surface area contributed by atoms with Crippen LogP contribution >= 0.6 is 11.8 Å². The molecule has 0 radical (unpaired) electrons. The van der Waals surface area contributed by atoms with Crippen LogP contribution in [0.5, 0.6) is 0 Å². The highest BCUT2D eigenvalue weighted by Gasteiger charge is 2.48. The Kier molecular flexibility index (Phi) is 7.34. The molecule has 3 heterocycles. The Morgan fingerprint density at radius 3 is 2.32 bits per heavy atom. The second-order valence-corrected chi connectivity index (χ2v) is 17.0. The first kappa shape index (κ1) is 33.2. The minimum atomic E-state index is -0.175. The third-order valence-electron chi connectivity index (χ3n) is 12.7. The average Bonchev–Trinajstić information content (AvgIpc) is 3.84. The number of rotatable bonds is 5. The molecule has 11 rings (SSSR count). The van der Waals surface area contributed by atoms with Crippen molar-refractivity contribution in [3.05, 3.63) is 185 Å². The van der Waals surface area contributed by atoms with Gasteiger partial charge in [0.25, 0.3) is 0 Å². The van der Waals surface area contributed by atoms with Crippen molar-refractivity contribution in [2.24, 2.45) is 5.92 Å². The fraction of sp³-hybridized carbons (Fsp3) is 0.132. The molecule has 0 amide bonds. The summed E-state index contributed by atoms with van der Waals surface area (Å²) in [4.78, 5) is 1.37. The highest BCUT2D eigenvalue weighted by Crippen LogP contribution is 2.62. The molecule has 3 aliphatic rings. The predicted molar refractivity (Wildman–Crippen MR) is 238 cm³/mol. The molecule has 8 aromatic rings. The molecule has 4 atom stereocenters. The number of aromatic nitrogens is 2. The smallest absolute Gasteiger partial charge is 0.0789 e. The Balaban J connectivity index is 1.27. The number of benzene rings is 6. The van der Waals surface area contributed by atoms with Gasteiger partial charge in [0.1, 0.15) is 0 Å². The van der Waals surface area contributed by atoms with Crippen LogP contribution in [0.15, 0.2) is 157 Å². The van der Waals surface area contributed by atoms with Crippen molar-refractivity contribution in [2.75, 3.05) is 0 Å². The number of thioether (sulfide) groups is 1. The molecule has 0 saturated carbocycles. The van der Waals surface area contributed by atoms with E-state index in [0.29, 0.717) is 0 Å². The lowest BCUT2D eigenvalue weighted by Crippen LogP contribution is -2.30. The molecule has 3 heteroatoms. The van der Waals surface area contributed by atoms with Crippen molar-refractivity contribution < 1.29 is 0 Å². The molecule has 0 spiro atoms. The number of fused-ring (bicyclic) bond motifs is 6. The molecule has 268 valence electrons. The monoisotopic (exact) mass is 736 g/mol. The van der Waals surface area contributed by atoms with Crippen LogP contribution in [0, 0.1) is 25.2 Å². The van der Waals surface area contributed by atoms with E-state index in [9.17, 15) is 0 Å². The number of terminal acetylenes is 1. The third kappa shape index (κ3) is 4.66. The highest BCUT2D eigenvalue weighted by molar-refractivity contribution is 8.00. The quantitative estimate of drug-likeness (QED) is 0.160. The first-order valence-electron chi connectivity index (χ1n) is 19.6. The molecule has 6 aromatic carbocycles. The predicted octanol–water partition coefficient (Wildman–Crippen LogP) is 12.8. The number of hydrogen-bond donors (Lipinski definition) is 0. The van der Waals surface area contributed by atoms with Gasteiger partial charge in [-0.2, -0.15) is 0 Å². The van der Waals surface area contributed by atoms with E-state index in [0.717, 1.165) is 0 Å². The zero-order valence-corrected chi connectivity index (χ0v) is 32.5. The van der Waals surface area contributed by atoms with Gasteiger partial charge in [0.05, 0.1) is 22.3 Å². The van der Waals surface area contributed by atoms with E-state index < -0.39 is 0 Å². The summed E-state index contributed by atoms with van der Waals surface area (Å²) in [6.07, 6.45) is 19.7. The molecule has 0 bridgehead atoms. The van der Waals surface area contributed by atoms with E-state index in [1.807, 2.05) is 17.8 Å². The Bertz CT molecular complexity index is 3110. The second kappa shape index (κ2) is 12.4. The summed E-state index contributed by atoms with van der Waals surface area (Å²) in [5.41, 5.74) is 13.7. The van der Waals surface area contributed by atoms with Crippen LogP contribution in [0.25, 0.3) is 67.1 Å². The van der Waals surface area contributed by atoms with E-state index >= 15 is 0 Å². The first-order valence-corrected chi connectivity index (χ1v) is 20.5. The van der Waals surface area contributed by atoms with Gasteiger partial charge < -0.3 is 9.13 Å². The van der Waals surface area contributed by atoms with Crippen LogP contribution < -0.4 is 5.22 Å². The largest absolute Gasteiger partial charge is 0.335 e. The number of hydrogen-bond acceptors (Lipinski definition) is 1. The fourth-order valence-corrected chi connectivity index (χ4v) is 11.7. The molecule has 1 aliphatic heterocycles. The van der Waals surface area contributed by atoms with Crippen LogP contribution in [0.3, 0.4) is 0 Å². The second-order valence-electron chi connectivity index (χ2n) is 15.9. The summed E-state index contributed by atoms with van der Waals surface area (Å²) in [6, 6.07) is 47.0. The number of allylic oxidation sites excluding steroid dienone is 5. The minimum Gasteiger partial charge on any atom is -0.335 e. The van der Waals surface area contributed by atoms with Gasteiger partial charge >= 0.3 is 0 Å². The summed E-state index contributed by atoms with van der Waals surface area (Å²) in [5.74, 6) is 3.04. The van der Waals surface area contributed by atoms with Gasteiger partial charge in [-0.25, -0.2) is 0 Å². The molecule has 0 saturated heterocycles. The third-order valence-corrected chi connectivity index (χ3v) is 14.2. The Hall–Kier alpha value is -6.21. The molecule has 4 unspecified atom stereocenters. The molecule has 2 nitrogen and oxygen atoms in total. The molecular weight excluding hydrogens is 697 g/mol. The maximum atomic E-state index is 5.91. The lowest BCUT2D eigenvalue weighted by atomic mass is 9.74. The molecule has 2 aliphatic carbocycles. The zero-order chi connectivity index (χ0) is 37.7. The zero-order valence-electron chi connectivity index (χ0n) is 31.7. The van der Waals surface area contributed by atoms with Gasteiger partial charge in [-0.3, -0.25) is 0 Å². The van der Waals surface area contributed by atoms with Gasteiger partial charge in [0.2, 0.25) is 0 Å². The topological polar surface area (TPSA) is 9.86 Å². The van der Waals surface area contributed by atoms with Gasteiger partial charge in [-0.1, -0.05) is 147 Å². The Morgan fingerprint density at radius 1 is 0.786 bits per heavy atom. The molecule has 0 fully saturated rings. The van der Waals surface area contributed by atoms with Crippen molar-refractivity contribution in [1.29, 1.82) is 0 Å². The van der Waals surface area contributed by atoms with Crippen LogP contribution in [0.4, 0.5) is 0 Å². The lowest BCUT2D eigenvalue weighted by molar-refractivity contribution is 0.492. The maximum absolute atomic E-state index is 5.91. The summed E-state index contributed by atoms with van der Waals surface area (Å²) >= 11 is 2.03. The van der Waals surface area contributed by atoms with Crippen molar-refractivity contribution in [3.63, 3.8) is 0 Å². The van der Waals surface area contributed by atoms with Crippen molar-refractivity contribution in [3.8, 4) is 29.2 Å². The maximum Gasteiger partial charge on any atom is 0.0789 e. The van der Waals surface area contributed by atoms with Gasteiger partial charge in [-0.05, 0) is 87.7 Å². The highest BCUT2D eigenvalue weighted by atomic mass is 32.2. The van der Waals surface area contributed by atoms with E-state index in [-0.39, 0.29) is 22.6 Å². The number of nitrogens with zero attached hydrogens (tertiary/aromatic N) is 2. The van der Waals surface area contributed by atoms with Gasteiger partial charge in [-0.15, -0.1) is 18.2 Å². The average molecular weight is 737 g/mol. The lowest BCUT2D eigenvalue weighted by Gasteiger charge is -2.33. The van der Waals surface area contributed by atoms with E-state index in [1.165, 1.54) is 93.2 Å². The first-order chi connectivity index (χ1) is 27.4. The molecule has 56 heavy (non-hydrogen) atoms. The van der Waals surface area contributed by atoms with Crippen molar-refractivity contribution in [1.82, 2.24) is 9.13 Å². The van der Waals surface area contributed by atoms with E-state index in [4.69, 9.17) is 6.42 Å². The molecular formula is C53H40N2S. The van der Waals surface area contributed by atoms with Crippen LogP contribution in [0.1, 0.15) is 53.2 Å². The SMILES string of the molecule is C#C/C=C\c1c(C)n(C2C=CC(c3ccccc3)=CC2C)c2c1cc1ccc3c4c(n(-c5cccc(-c6ccccc6)c5)c2c14)C1Sc2ccccc2C1(C)C=3. The van der Waals surface area contributed by atoms with Crippen LogP contribution in [-0.2, 0) is 5.41 Å². The summed E-state index contributed by atoms with van der Waals surface area (Å²) in [5, 5.41) is 6.70. The Labute approximate surface area is 332 Å². The summed E-state index contributed by atoms with van der Waals surface area (Å²) < 4.78 is 5.29. The fourth-order valence-electron chi connectivity index (χ4n) is 10.1. The van der Waals surface area contributed by atoms with Crippen molar-refractivity contribution >= 4 is 62.1 Å². The summed E-state index contributed by atoms with van der Waals surface area (Å²) in [7, 11) is 0. The van der Waals surface area contributed by atoms with Gasteiger partial charge in [0.15, 0.2) is 0 Å². The van der Waals surface area contributed by atoms with E-state index in [1.54, 1.807) is 0 Å². The normalized spacial score (nSPS) is 21.0. The van der Waals surface area contributed by atoms with Crippen LogP contribution in [0.2, 0.25) is 0 Å². The standard InChI is InChI=1S/C53H40N2S/c1-5-6-22-42-34(3)54(45-28-27-38(29-33(45)2)36-18-11-8-12-19-36)49-43(42)31-39-25-26-40-32-53(4)44-23-13-14-24-46(44)56-52(53)51-48(40)47(39)50(49)55(51)41-21-15-20-37(30-41)35-16-9-7-10-17-35/h1,6-33,45,52H,2-4H3/b22-6-. The minimum absolute atomic E-state index is 0.104. The summed E-state index contributed by atoms with van der Waals surface area (Å²) in [6.45, 7) is 7.10. The van der Waals surface area contributed by atoms with Crippen molar-refractivity contribution in [2.45, 2.75) is 42.4 Å². The van der Waals surface area contributed by atoms with E-state index in [2.05, 4.69) is 194 Å². The Morgan fingerprint density at radius 2 is 1.54 bits per heavy atom. The molecule has 0 N–H and O–H groups in total. The molecule has 2 aromatic heterocycles. The van der Waals surface area contributed by atoms with Gasteiger partial charge in [0, 0.05) is 49.1 Å². The van der Waals surface area contributed by atoms with Crippen LogP contribution in [-0.4, -0.2) is 9.13 Å².